The van der Waals surface area contributed by atoms with Crippen molar-refractivity contribution in [2.75, 3.05) is 13.2 Å². The number of amides is 1. The molecule has 29 heavy (non-hydrogen) atoms. The van der Waals surface area contributed by atoms with Crippen molar-refractivity contribution in [1.82, 2.24) is 10.6 Å². The van der Waals surface area contributed by atoms with Gasteiger partial charge >= 0.3 is 0 Å². The van der Waals surface area contributed by atoms with Crippen LogP contribution in [0.2, 0.25) is 5.02 Å². The summed E-state index contributed by atoms with van der Waals surface area (Å²) in [6.45, 7) is 2.76. The summed E-state index contributed by atoms with van der Waals surface area (Å²) in [7, 11) is 0. The number of halogens is 2. The Morgan fingerprint density at radius 3 is 2.76 bits per heavy atom. The Balaban J connectivity index is 0.00000240. The van der Waals surface area contributed by atoms with Gasteiger partial charge < -0.3 is 15.7 Å². The van der Waals surface area contributed by atoms with E-state index in [-0.39, 0.29) is 37.0 Å². The first-order chi connectivity index (χ1) is 13.5. The molecule has 0 aromatic heterocycles. The summed E-state index contributed by atoms with van der Waals surface area (Å²) in [4.78, 5) is 12.7. The number of aliphatic hydroxyl groups excluding tert-OH is 1. The summed E-state index contributed by atoms with van der Waals surface area (Å²) < 4.78 is 0. The van der Waals surface area contributed by atoms with E-state index in [1.54, 1.807) is 0 Å². The van der Waals surface area contributed by atoms with Crippen molar-refractivity contribution < 1.29 is 9.90 Å². The number of aliphatic hydroxyl groups is 1. The zero-order valence-electron chi connectivity index (χ0n) is 16.1. The Labute approximate surface area is 181 Å². The number of benzene rings is 3. The summed E-state index contributed by atoms with van der Waals surface area (Å²) in [6.07, 6.45) is 0.744. The molecule has 152 valence electrons. The Kier molecular flexibility index (Phi) is 6.81. The fourth-order valence-electron chi connectivity index (χ4n) is 3.77. The highest BCUT2D eigenvalue weighted by atomic mass is 35.5. The molecule has 6 heteroatoms. The normalized spacial score (nSPS) is 18.4. The van der Waals surface area contributed by atoms with Crippen LogP contribution >= 0.6 is 24.0 Å². The van der Waals surface area contributed by atoms with Gasteiger partial charge in [0.05, 0.1) is 6.61 Å². The second-order valence-electron chi connectivity index (χ2n) is 7.40. The molecular weight excluding hydrogens is 407 g/mol. The lowest BCUT2D eigenvalue weighted by Gasteiger charge is -2.13. The average Bonchev–Trinajstić information content (AvgIpc) is 3.16. The highest BCUT2D eigenvalue weighted by Gasteiger charge is 2.25. The van der Waals surface area contributed by atoms with Crippen molar-refractivity contribution in [3.63, 3.8) is 0 Å². The smallest absolute Gasteiger partial charge is 0.251 e. The van der Waals surface area contributed by atoms with Crippen LogP contribution in [0.25, 0.3) is 21.9 Å². The van der Waals surface area contributed by atoms with Crippen LogP contribution in [0.5, 0.6) is 0 Å². The van der Waals surface area contributed by atoms with Gasteiger partial charge in [-0.1, -0.05) is 48.0 Å². The first kappa shape index (κ1) is 21.6. The Hall–Kier alpha value is -2.11. The number of fused-ring (bicyclic) bond motifs is 1. The second kappa shape index (κ2) is 9.14. The van der Waals surface area contributed by atoms with Crippen LogP contribution in [0.15, 0.2) is 54.6 Å². The molecule has 0 unspecified atom stereocenters. The van der Waals surface area contributed by atoms with Crippen LogP contribution in [0.3, 0.4) is 0 Å². The fourth-order valence-corrected chi connectivity index (χ4v) is 3.95. The molecule has 1 fully saturated rings. The van der Waals surface area contributed by atoms with E-state index in [9.17, 15) is 9.90 Å². The molecule has 2 atom stereocenters. The van der Waals surface area contributed by atoms with E-state index in [0.717, 1.165) is 38.9 Å². The lowest BCUT2D eigenvalue weighted by molar-refractivity contribution is 0.0939. The van der Waals surface area contributed by atoms with Crippen LogP contribution in [0, 0.1) is 6.92 Å². The average molecular weight is 431 g/mol. The Morgan fingerprint density at radius 2 is 2.03 bits per heavy atom. The molecule has 1 saturated heterocycles. The van der Waals surface area contributed by atoms with E-state index in [1.807, 2.05) is 49.4 Å². The van der Waals surface area contributed by atoms with Gasteiger partial charge in [0.25, 0.3) is 5.91 Å². The zero-order chi connectivity index (χ0) is 19.7. The molecular formula is C23H24Cl2N2O2. The number of rotatable bonds is 4. The van der Waals surface area contributed by atoms with Crippen LogP contribution in [0.4, 0.5) is 0 Å². The van der Waals surface area contributed by atoms with Crippen molar-refractivity contribution in [1.29, 1.82) is 0 Å². The van der Waals surface area contributed by atoms with Gasteiger partial charge in [-0.3, -0.25) is 4.79 Å². The third-order valence-electron chi connectivity index (χ3n) is 5.40. The largest absolute Gasteiger partial charge is 0.395 e. The molecule has 0 saturated carbocycles. The van der Waals surface area contributed by atoms with Crippen molar-refractivity contribution in [3.8, 4) is 11.1 Å². The van der Waals surface area contributed by atoms with E-state index in [4.69, 9.17) is 11.6 Å². The fraction of sp³-hybridized carbons (Fsp3) is 0.261. The van der Waals surface area contributed by atoms with Gasteiger partial charge in [0.15, 0.2) is 0 Å². The Bertz CT molecular complexity index is 1040. The molecule has 4 nitrogen and oxygen atoms in total. The summed E-state index contributed by atoms with van der Waals surface area (Å²) in [6, 6.07) is 18.1. The first-order valence-electron chi connectivity index (χ1n) is 9.49. The number of aryl methyl sites for hydroxylation is 1. The topological polar surface area (TPSA) is 61.4 Å². The van der Waals surface area contributed by atoms with E-state index in [2.05, 4.69) is 22.8 Å². The van der Waals surface area contributed by atoms with Crippen molar-refractivity contribution >= 4 is 40.7 Å². The molecule has 3 N–H and O–H groups in total. The summed E-state index contributed by atoms with van der Waals surface area (Å²) in [5.41, 5.74) is 3.84. The second-order valence-corrected chi connectivity index (χ2v) is 7.81. The molecule has 0 bridgehead atoms. The molecule has 1 amide bonds. The minimum Gasteiger partial charge on any atom is -0.395 e. The SMILES string of the molecule is Cc1ccc(-c2cccc3cc(C(=O)N[C@@H]4CN[C@@H](CO)C4)ccc23)cc1Cl.Cl. The maximum atomic E-state index is 12.7. The van der Waals surface area contributed by atoms with Crippen molar-refractivity contribution in [3.05, 3.63) is 70.7 Å². The van der Waals surface area contributed by atoms with Gasteiger partial charge in [0.2, 0.25) is 0 Å². The monoisotopic (exact) mass is 430 g/mol. The lowest BCUT2D eigenvalue weighted by atomic mass is 9.96. The van der Waals surface area contributed by atoms with Crippen molar-refractivity contribution in [2.24, 2.45) is 0 Å². The molecule has 1 heterocycles. The zero-order valence-corrected chi connectivity index (χ0v) is 17.7. The minimum atomic E-state index is -0.0870. The van der Waals surface area contributed by atoms with Crippen LogP contribution in [-0.2, 0) is 0 Å². The number of carbonyl (C=O) groups is 1. The summed E-state index contributed by atoms with van der Waals surface area (Å²) in [5.74, 6) is -0.0870. The minimum absolute atomic E-state index is 0. The van der Waals surface area contributed by atoms with Gasteiger partial charge in [0.1, 0.15) is 0 Å². The van der Waals surface area contributed by atoms with Gasteiger partial charge in [0, 0.05) is 29.2 Å². The summed E-state index contributed by atoms with van der Waals surface area (Å²) >= 11 is 6.31. The van der Waals surface area contributed by atoms with Crippen LogP contribution in [0.1, 0.15) is 22.3 Å². The van der Waals surface area contributed by atoms with Gasteiger partial charge in [-0.05, 0) is 59.0 Å². The third-order valence-corrected chi connectivity index (χ3v) is 5.81. The van der Waals surface area contributed by atoms with Gasteiger partial charge in [-0.2, -0.15) is 0 Å². The lowest BCUT2D eigenvalue weighted by Crippen LogP contribution is -2.36. The first-order valence-corrected chi connectivity index (χ1v) is 9.87. The highest BCUT2D eigenvalue weighted by Crippen LogP contribution is 2.31. The maximum Gasteiger partial charge on any atom is 0.251 e. The Morgan fingerprint density at radius 1 is 1.21 bits per heavy atom. The highest BCUT2D eigenvalue weighted by molar-refractivity contribution is 6.31. The maximum absolute atomic E-state index is 12.7. The molecule has 3 aromatic carbocycles. The molecule has 0 aliphatic carbocycles. The quantitative estimate of drug-likeness (QED) is 0.576. The third kappa shape index (κ3) is 4.57. The van der Waals surface area contributed by atoms with E-state index < -0.39 is 0 Å². The van der Waals surface area contributed by atoms with Crippen LogP contribution < -0.4 is 10.6 Å². The van der Waals surface area contributed by atoms with Gasteiger partial charge in [-0.15, -0.1) is 12.4 Å². The number of carbonyl (C=O) groups excluding carboxylic acids is 1. The predicted octanol–water partition coefficient (Wildman–Crippen LogP) is 4.34. The molecule has 1 aliphatic rings. The molecule has 0 radical (unpaired) electrons. The van der Waals surface area contributed by atoms with Crippen LogP contribution in [-0.4, -0.2) is 36.2 Å². The standard InChI is InChI=1S/C23H23ClN2O2.ClH/c1-14-5-6-16(10-22(14)24)20-4-2-3-15-9-17(7-8-21(15)20)23(28)26-18-11-19(13-27)25-12-18;/h2-10,18-19,25,27H,11-13H2,1H3,(H,26,28);1H/t18-,19+;/m0./s1. The van der Waals surface area contributed by atoms with E-state index in [1.165, 1.54) is 0 Å². The van der Waals surface area contributed by atoms with E-state index >= 15 is 0 Å². The molecule has 4 rings (SSSR count). The predicted molar refractivity (Wildman–Crippen MR) is 121 cm³/mol. The van der Waals surface area contributed by atoms with E-state index in [0.29, 0.717) is 12.1 Å². The molecule has 0 spiro atoms. The number of nitrogens with one attached hydrogen (secondary N) is 2. The number of hydrogen-bond acceptors (Lipinski definition) is 3. The summed E-state index contributed by atoms with van der Waals surface area (Å²) in [5, 5.41) is 18.3. The molecule has 1 aliphatic heterocycles. The van der Waals surface area contributed by atoms with Gasteiger partial charge in [-0.25, -0.2) is 0 Å². The van der Waals surface area contributed by atoms with Crippen molar-refractivity contribution in [2.45, 2.75) is 25.4 Å². The number of hydrogen-bond donors (Lipinski definition) is 3. The molecule has 3 aromatic rings.